The molecule has 7 heteroatoms. The van der Waals surface area contributed by atoms with Crippen LogP contribution in [0.2, 0.25) is 0 Å². The zero-order chi connectivity index (χ0) is 18.2. The van der Waals surface area contributed by atoms with Gasteiger partial charge >= 0.3 is 0 Å². The molecule has 1 aromatic carbocycles. The molecule has 0 aliphatic heterocycles. The Morgan fingerprint density at radius 3 is 2.46 bits per heavy atom. The third kappa shape index (κ3) is 13.3. The van der Waals surface area contributed by atoms with Crippen LogP contribution in [-0.4, -0.2) is 52.5 Å². The van der Waals surface area contributed by atoms with Crippen LogP contribution in [0.1, 0.15) is 31.7 Å². The van der Waals surface area contributed by atoms with Crippen molar-refractivity contribution in [2.24, 2.45) is 4.99 Å². The number of halogens is 2. The number of nitrogens with zero attached hydrogens (tertiary/aromatic N) is 1. The summed E-state index contributed by atoms with van der Waals surface area (Å²) in [5.74, 6) is 0.570. The SMILES string of the molecule is CCCCOCCOCCNC(=NC)NCCCc1cccc(F)c1.I. The first-order valence-electron chi connectivity index (χ1n) is 9.10. The molecule has 0 atom stereocenters. The number of guanidine groups is 1. The molecule has 0 saturated carbocycles. The van der Waals surface area contributed by atoms with E-state index in [1.54, 1.807) is 19.2 Å². The van der Waals surface area contributed by atoms with E-state index < -0.39 is 0 Å². The van der Waals surface area contributed by atoms with Crippen molar-refractivity contribution >= 4 is 29.9 Å². The first-order valence-corrected chi connectivity index (χ1v) is 9.10. The van der Waals surface area contributed by atoms with Gasteiger partial charge in [0.2, 0.25) is 0 Å². The van der Waals surface area contributed by atoms with Crippen LogP contribution in [-0.2, 0) is 15.9 Å². The first kappa shape index (κ1) is 25.1. The fourth-order valence-electron chi connectivity index (χ4n) is 2.22. The number of aryl methyl sites for hydroxylation is 1. The smallest absolute Gasteiger partial charge is 0.191 e. The van der Waals surface area contributed by atoms with Gasteiger partial charge in [-0.3, -0.25) is 4.99 Å². The fraction of sp³-hybridized carbons (Fsp3) is 0.632. The Morgan fingerprint density at radius 2 is 1.77 bits per heavy atom. The van der Waals surface area contributed by atoms with Gasteiger partial charge in [-0.25, -0.2) is 4.39 Å². The van der Waals surface area contributed by atoms with Crippen molar-refractivity contribution < 1.29 is 13.9 Å². The van der Waals surface area contributed by atoms with E-state index in [0.29, 0.717) is 26.4 Å². The van der Waals surface area contributed by atoms with Crippen molar-refractivity contribution in [1.29, 1.82) is 0 Å². The summed E-state index contributed by atoms with van der Waals surface area (Å²) in [6.07, 6.45) is 4.00. The highest BCUT2D eigenvalue weighted by Crippen LogP contribution is 2.05. The lowest BCUT2D eigenvalue weighted by atomic mass is 10.1. The number of hydrogen-bond donors (Lipinski definition) is 2. The van der Waals surface area contributed by atoms with Gasteiger partial charge in [-0.05, 0) is 37.0 Å². The van der Waals surface area contributed by atoms with Crippen molar-refractivity contribution in [3.8, 4) is 0 Å². The van der Waals surface area contributed by atoms with E-state index in [2.05, 4.69) is 22.5 Å². The standard InChI is InChI=1S/C19H32FN3O2.HI/c1-3-4-12-24-14-15-25-13-11-23-19(21-2)22-10-6-8-17-7-5-9-18(20)16-17;/h5,7,9,16H,3-4,6,8,10-15H2,1-2H3,(H2,21,22,23);1H. The summed E-state index contributed by atoms with van der Waals surface area (Å²) in [5, 5.41) is 6.45. The first-order chi connectivity index (χ1) is 12.3. The summed E-state index contributed by atoms with van der Waals surface area (Å²) in [7, 11) is 1.74. The van der Waals surface area contributed by atoms with E-state index in [-0.39, 0.29) is 29.8 Å². The average Bonchev–Trinajstić information content (AvgIpc) is 2.62. The summed E-state index contributed by atoms with van der Waals surface area (Å²) in [5.41, 5.74) is 1.01. The third-order valence-corrected chi connectivity index (χ3v) is 3.60. The second-order valence-electron chi connectivity index (χ2n) is 5.74. The maximum absolute atomic E-state index is 13.1. The second-order valence-corrected chi connectivity index (χ2v) is 5.74. The Bertz CT molecular complexity index is 490. The Kier molecular flexibility index (Phi) is 16.9. The van der Waals surface area contributed by atoms with Gasteiger partial charge in [0.1, 0.15) is 5.82 Å². The lowest BCUT2D eigenvalue weighted by molar-refractivity contribution is 0.0487. The van der Waals surface area contributed by atoms with E-state index in [1.807, 2.05) is 6.07 Å². The van der Waals surface area contributed by atoms with Crippen LogP contribution in [0.4, 0.5) is 4.39 Å². The summed E-state index contributed by atoms with van der Waals surface area (Å²) in [4.78, 5) is 4.17. The number of rotatable bonds is 13. The van der Waals surface area contributed by atoms with Gasteiger partial charge in [0, 0.05) is 26.7 Å². The van der Waals surface area contributed by atoms with E-state index in [1.165, 1.54) is 6.07 Å². The molecule has 150 valence electrons. The molecule has 5 nitrogen and oxygen atoms in total. The number of aliphatic imine (C=N–C) groups is 1. The van der Waals surface area contributed by atoms with Crippen molar-refractivity contribution in [1.82, 2.24) is 10.6 Å². The molecule has 0 aromatic heterocycles. The van der Waals surface area contributed by atoms with Gasteiger partial charge in [-0.15, -0.1) is 24.0 Å². The van der Waals surface area contributed by atoms with Gasteiger partial charge in [0.25, 0.3) is 0 Å². The van der Waals surface area contributed by atoms with Crippen LogP contribution in [0.3, 0.4) is 0 Å². The zero-order valence-electron chi connectivity index (χ0n) is 15.9. The van der Waals surface area contributed by atoms with E-state index in [0.717, 1.165) is 50.4 Å². The molecule has 0 saturated heterocycles. The van der Waals surface area contributed by atoms with Crippen molar-refractivity contribution in [2.75, 3.05) is 46.6 Å². The summed E-state index contributed by atoms with van der Waals surface area (Å²) in [6, 6.07) is 6.73. The minimum absolute atomic E-state index is 0. The number of unbranched alkanes of at least 4 members (excludes halogenated alkanes) is 1. The van der Waals surface area contributed by atoms with Crippen molar-refractivity contribution in [3.63, 3.8) is 0 Å². The molecule has 0 radical (unpaired) electrons. The van der Waals surface area contributed by atoms with Gasteiger partial charge in [-0.1, -0.05) is 25.5 Å². The molecule has 0 spiro atoms. The largest absolute Gasteiger partial charge is 0.379 e. The molecule has 26 heavy (non-hydrogen) atoms. The molecule has 0 amide bonds. The lowest BCUT2D eigenvalue weighted by Crippen LogP contribution is -2.39. The minimum atomic E-state index is -0.182. The fourth-order valence-corrected chi connectivity index (χ4v) is 2.22. The predicted octanol–water partition coefficient (Wildman–Crippen LogP) is 3.37. The maximum atomic E-state index is 13.1. The molecule has 0 fully saturated rings. The van der Waals surface area contributed by atoms with Gasteiger partial charge < -0.3 is 20.1 Å². The topological polar surface area (TPSA) is 54.9 Å². The van der Waals surface area contributed by atoms with Crippen LogP contribution in [0.5, 0.6) is 0 Å². The molecule has 0 aliphatic rings. The molecule has 1 rings (SSSR count). The Hall–Kier alpha value is -0.930. The molecule has 2 N–H and O–H groups in total. The molecule has 0 bridgehead atoms. The monoisotopic (exact) mass is 481 g/mol. The van der Waals surface area contributed by atoms with Crippen LogP contribution < -0.4 is 10.6 Å². The highest BCUT2D eigenvalue weighted by Gasteiger charge is 1.99. The molecule has 1 aromatic rings. The van der Waals surface area contributed by atoms with Crippen LogP contribution in [0, 0.1) is 5.82 Å². The minimum Gasteiger partial charge on any atom is -0.379 e. The zero-order valence-corrected chi connectivity index (χ0v) is 18.3. The highest BCUT2D eigenvalue weighted by atomic mass is 127. The lowest BCUT2D eigenvalue weighted by Gasteiger charge is -2.12. The quantitative estimate of drug-likeness (QED) is 0.196. The Balaban J connectivity index is 0.00000625. The van der Waals surface area contributed by atoms with Crippen LogP contribution >= 0.6 is 24.0 Å². The van der Waals surface area contributed by atoms with Gasteiger partial charge in [0.05, 0.1) is 19.8 Å². The van der Waals surface area contributed by atoms with Crippen molar-refractivity contribution in [3.05, 3.63) is 35.6 Å². The molecule has 0 heterocycles. The number of ether oxygens (including phenoxy) is 2. The van der Waals surface area contributed by atoms with Gasteiger partial charge in [-0.2, -0.15) is 0 Å². The molecule has 0 aliphatic carbocycles. The van der Waals surface area contributed by atoms with E-state index in [4.69, 9.17) is 9.47 Å². The Morgan fingerprint density at radius 1 is 1.04 bits per heavy atom. The molecular weight excluding hydrogens is 448 g/mol. The third-order valence-electron chi connectivity index (χ3n) is 3.60. The van der Waals surface area contributed by atoms with E-state index >= 15 is 0 Å². The number of hydrogen-bond acceptors (Lipinski definition) is 3. The average molecular weight is 481 g/mol. The summed E-state index contributed by atoms with van der Waals surface area (Å²) < 4.78 is 24.0. The normalized spacial score (nSPS) is 11.1. The van der Waals surface area contributed by atoms with Crippen molar-refractivity contribution in [2.45, 2.75) is 32.6 Å². The maximum Gasteiger partial charge on any atom is 0.191 e. The van der Waals surface area contributed by atoms with E-state index in [9.17, 15) is 4.39 Å². The van der Waals surface area contributed by atoms with Gasteiger partial charge in [0.15, 0.2) is 5.96 Å². The number of benzene rings is 1. The van der Waals surface area contributed by atoms with Crippen LogP contribution in [0.25, 0.3) is 0 Å². The second kappa shape index (κ2) is 17.5. The molecular formula is C19H33FIN3O2. The Labute approximate surface area is 174 Å². The summed E-state index contributed by atoms with van der Waals surface area (Å²) >= 11 is 0. The predicted molar refractivity (Wildman–Crippen MR) is 116 cm³/mol. The molecule has 0 unspecified atom stereocenters. The van der Waals surface area contributed by atoms with Crippen LogP contribution in [0.15, 0.2) is 29.3 Å². The highest BCUT2D eigenvalue weighted by molar-refractivity contribution is 14.0. The summed E-state index contributed by atoms with van der Waals surface area (Å²) in [6.45, 7) is 6.30. The number of nitrogens with one attached hydrogen (secondary N) is 2.